The Morgan fingerprint density at radius 2 is 2.19 bits per heavy atom. The van der Waals surface area contributed by atoms with Gasteiger partial charge in [-0.3, -0.25) is 0 Å². The Balaban J connectivity index is 1.89. The fourth-order valence-electron chi connectivity index (χ4n) is 1.48. The number of nitrogens with zero attached hydrogens (tertiary/aromatic N) is 1. The summed E-state index contributed by atoms with van der Waals surface area (Å²) in [5.74, 6) is 0. The van der Waals surface area contributed by atoms with Crippen LogP contribution >= 0.6 is 27.3 Å². The monoisotopic (exact) mass is 296 g/mol. The summed E-state index contributed by atoms with van der Waals surface area (Å²) in [6, 6.07) is 8.16. The summed E-state index contributed by atoms with van der Waals surface area (Å²) in [7, 11) is 0. The maximum Gasteiger partial charge on any atom is 0.0797 e. The Hall–Kier alpha value is -0.870. The quantitative estimate of drug-likeness (QED) is 0.926. The lowest BCUT2D eigenvalue weighted by molar-refractivity contribution is 1.02. The average molecular weight is 297 g/mol. The van der Waals surface area contributed by atoms with E-state index in [1.165, 1.54) is 4.88 Å². The molecule has 0 saturated carbocycles. The van der Waals surface area contributed by atoms with Gasteiger partial charge in [-0.25, -0.2) is 4.98 Å². The lowest BCUT2D eigenvalue weighted by atomic mass is 10.3. The first kappa shape index (κ1) is 11.6. The molecule has 1 aromatic heterocycles. The van der Waals surface area contributed by atoms with Crippen LogP contribution in [0.3, 0.4) is 0 Å². The molecule has 0 fully saturated rings. The van der Waals surface area contributed by atoms with Crippen LogP contribution in [0.25, 0.3) is 0 Å². The number of aryl methyl sites for hydroxylation is 1. The summed E-state index contributed by atoms with van der Waals surface area (Å²) >= 11 is 5.24. The highest BCUT2D eigenvalue weighted by Gasteiger charge is 2.01. The third-order valence-electron chi connectivity index (χ3n) is 2.39. The number of benzene rings is 1. The number of anilines is 1. The topological polar surface area (TPSA) is 24.9 Å². The Morgan fingerprint density at radius 3 is 2.88 bits per heavy atom. The molecule has 0 aliphatic rings. The molecule has 2 nitrogen and oxygen atoms in total. The molecule has 4 heteroatoms. The van der Waals surface area contributed by atoms with E-state index in [1.807, 2.05) is 23.7 Å². The molecule has 0 aliphatic carbocycles. The number of nitrogens with one attached hydrogen (secondary N) is 1. The zero-order chi connectivity index (χ0) is 11.4. The van der Waals surface area contributed by atoms with Gasteiger partial charge in [0.05, 0.1) is 11.2 Å². The Morgan fingerprint density at radius 1 is 1.38 bits per heavy atom. The van der Waals surface area contributed by atoms with Crippen molar-refractivity contribution in [3.8, 4) is 0 Å². The van der Waals surface area contributed by atoms with Crippen molar-refractivity contribution in [3.63, 3.8) is 0 Å². The Labute approximate surface area is 108 Å². The predicted molar refractivity (Wildman–Crippen MR) is 73.2 cm³/mol. The van der Waals surface area contributed by atoms with E-state index in [0.717, 1.165) is 28.8 Å². The van der Waals surface area contributed by atoms with Crippen LogP contribution < -0.4 is 5.32 Å². The minimum absolute atomic E-state index is 0.936. The van der Waals surface area contributed by atoms with Gasteiger partial charge in [-0.15, -0.1) is 11.3 Å². The molecule has 84 valence electrons. The van der Waals surface area contributed by atoms with Gasteiger partial charge in [0.25, 0.3) is 0 Å². The molecule has 2 rings (SSSR count). The number of aromatic nitrogens is 1. The summed E-state index contributed by atoms with van der Waals surface area (Å²) in [4.78, 5) is 5.60. The minimum Gasteiger partial charge on any atom is -0.384 e. The number of halogens is 1. The lowest BCUT2D eigenvalue weighted by Gasteiger charge is -2.07. The molecule has 0 saturated heterocycles. The van der Waals surface area contributed by atoms with Crippen LogP contribution in [0, 0.1) is 6.92 Å². The Kier molecular flexibility index (Phi) is 3.96. The largest absolute Gasteiger partial charge is 0.384 e. The fourth-order valence-corrected chi connectivity index (χ4v) is 2.69. The first-order valence-corrected chi connectivity index (χ1v) is 6.82. The van der Waals surface area contributed by atoms with Crippen LogP contribution in [0.15, 0.2) is 34.2 Å². The van der Waals surface area contributed by atoms with Crippen molar-refractivity contribution >= 4 is 33.0 Å². The van der Waals surface area contributed by atoms with E-state index in [1.54, 1.807) is 11.3 Å². The number of hydrogen-bond donors (Lipinski definition) is 1. The van der Waals surface area contributed by atoms with Crippen molar-refractivity contribution in [2.24, 2.45) is 0 Å². The van der Waals surface area contributed by atoms with Crippen LogP contribution in [0.1, 0.15) is 10.6 Å². The zero-order valence-corrected chi connectivity index (χ0v) is 11.4. The maximum atomic E-state index is 4.24. The second-order valence-electron chi connectivity index (χ2n) is 3.52. The number of rotatable bonds is 4. The summed E-state index contributed by atoms with van der Waals surface area (Å²) in [6.45, 7) is 3.00. The molecule has 1 N–H and O–H groups in total. The van der Waals surface area contributed by atoms with Crippen LogP contribution in [-0.2, 0) is 6.42 Å². The van der Waals surface area contributed by atoms with E-state index in [4.69, 9.17) is 0 Å². The normalized spacial score (nSPS) is 10.4. The minimum atomic E-state index is 0.936. The summed E-state index contributed by atoms with van der Waals surface area (Å²) in [5, 5.41) is 3.41. The van der Waals surface area contributed by atoms with Crippen LogP contribution in [0.4, 0.5) is 5.69 Å². The predicted octanol–water partition coefficient (Wildman–Crippen LogP) is 3.87. The van der Waals surface area contributed by atoms with Crippen molar-refractivity contribution in [1.82, 2.24) is 4.98 Å². The fraction of sp³-hybridized carbons (Fsp3) is 0.250. The molecule has 0 amide bonds. The lowest BCUT2D eigenvalue weighted by Crippen LogP contribution is -2.05. The van der Waals surface area contributed by atoms with E-state index >= 15 is 0 Å². The highest BCUT2D eigenvalue weighted by atomic mass is 79.9. The van der Waals surface area contributed by atoms with Crippen molar-refractivity contribution in [2.75, 3.05) is 11.9 Å². The van der Waals surface area contributed by atoms with Gasteiger partial charge in [-0.1, -0.05) is 12.1 Å². The van der Waals surface area contributed by atoms with Gasteiger partial charge < -0.3 is 5.32 Å². The molecule has 0 spiro atoms. The molecule has 2 aromatic rings. The van der Waals surface area contributed by atoms with Crippen molar-refractivity contribution in [1.29, 1.82) is 0 Å². The van der Waals surface area contributed by atoms with Gasteiger partial charge in [0, 0.05) is 28.0 Å². The molecule has 16 heavy (non-hydrogen) atoms. The van der Waals surface area contributed by atoms with E-state index in [-0.39, 0.29) is 0 Å². The molecule has 0 bridgehead atoms. The number of thiazole rings is 1. The van der Waals surface area contributed by atoms with Crippen LogP contribution in [-0.4, -0.2) is 11.5 Å². The number of hydrogen-bond acceptors (Lipinski definition) is 3. The van der Waals surface area contributed by atoms with Crippen molar-refractivity contribution < 1.29 is 0 Å². The van der Waals surface area contributed by atoms with Crippen molar-refractivity contribution in [2.45, 2.75) is 13.3 Å². The second-order valence-corrected chi connectivity index (χ2v) is 5.31. The zero-order valence-electron chi connectivity index (χ0n) is 9.03. The molecular formula is C12H13BrN2S. The summed E-state index contributed by atoms with van der Waals surface area (Å²) < 4.78 is 1.11. The molecule has 0 aliphatic heterocycles. The van der Waals surface area contributed by atoms with Gasteiger partial charge in [0.1, 0.15) is 0 Å². The third-order valence-corrected chi connectivity index (χ3v) is 4.07. The van der Waals surface area contributed by atoms with E-state index < -0.39 is 0 Å². The van der Waals surface area contributed by atoms with E-state index in [2.05, 4.69) is 39.2 Å². The van der Waals surface area contributed by atoms with Gasteiger partial charge in [-0.2, -0.15) is 0 Å². The van der Waals surface area contributed by atoms with Gasteiger partial charge >= 0.3 is 0 Å². The molecule has 0 radical (unpaired) electrons. The summed E-state index contributed by atoms with van der Waals surface area (Å²) in [5.41, 5.74) is 4.20. The molecule has 0 unspecified atom stereocenters. The first-order chi connectivity index (χ1) is 7.77. The van der Waals surface area contributed by atoms with Crippen molar-refractivity contribution in [3.05, 3.63) is 44.8 Å². The first-order valence-electron chi connectivity index (χ1n) is 5.15. The highest BCUT2D eigenvalue weighted by molar-refractivity contribution is 9.10. The van der Waals surface area contributed by atoms with Gasteiger partial charge in [0.15, 0.2) is 0 Å². The average Bonchev–Trinajstić information content (AvgIpc) is 2.67. The van der Waals surface area contributed by atoms with E-state index in [0.29, 0.717) is 0 Å². The third kappa shape index (κ3) is 2.83. The SMILES string of the molecule is Cc1ncsc1CCNc1ccccc1Br. The smallest absolute Gasteiger partial charge is 0.0797 e. The van der Waals surface area contributed by atoms with E-state index in [9.17, 15) is 0 Å². The van der Waals surface area contributed by atoms with Gasteiger partial charge in [0.2, 0.25) is 0 Å². The maximum absolute atomic E-state index is 4.24. The molecule has 0 atom stereocenters. The standard InChI is InChI=1S/C12H13BrN2S/c1-9-12(16-8-15-9)6-7-14-11-5-3-2-4-10(11)13/h2-5,8,14H,6-7H2,1H3. The molecule has 1 heterocycles. The van der Waals surface area contributed by atoms with Crippen LogP contribution in [0.2, 0.25) is 0 Å². The summed E-state index contributed by atoms with van der Waals surface area (Å²) in [6.07, 6.45) is 1.03. The molecular weight excluding hydrogens is 284 g/mol. The van der Waals surface area contributed by atoms with Gasteiger partial charge in [-0.05, 0) is 35.0 Å². The Bertz CT molecular complexity index is 468. The molecule has 1 aromatic carbocycles. The second kappa shape index (κ2) is 5.46. The highest BCUT2D eigenvalue weighted by Crippen LogP contribution is 2.21. The number of para-hydroxylation sites is 1. The van der Waals surface area contributed by atoms with Crippen LogP contribution in [0.5, 0.6) is 0 Å².